The molecule has 0 heterocycles. The Morgan fingerprint density at radius 2 is 1.94 bits per heavy atom. The number of nitrogens with one attached hydrogen (secondary N) is 1. The molecule has 1 N–H and O–H groups in total. The molecule has 0 unspecified atom stereocenters. The van der Waals surface area contributed by atoms with Gasteiger partial charge in [0, 0.05) is 18.9 Å². The quantitative estimate of drug-likeness (QED) is 0.636. The molecule has 0 aromatic rings. The Morgan fingerprint density at radius 1 is 1.25 bits per heavy atom. The largest absolute Gasteiger partial charge is 0.550 e. The highest BCUT2D eigenvalue weighted by Crippen LogP contribution is 2.11. The van der Waals surface area contributed by atoms with Crippen molar-refractivity contribution in [2.45, 2.75) is 52.4 Å². The van der Waals surface area contributed by atoms with Crippen LogP contribution in [0.3, 0.4) is 0 Å². The van der Waals surface area contributed by atoms with Crippen molar-refractivity contribution in [1.82, 2.24) is 5.32 Å². The second-order valence-corrected chi connectivity index (χ2v) is 4.09. The molecule has 0 aliphatic carbocycles. The number of amides is 1. The summed E-state index contributed by atoms with van der Waals surface area (Å²) in [5.41, 5.74) is 0. The summed E-state index contributed by atoms with van der Waals surface area (Å²) in [7, 11) is 0. The Kier molecular flexibility index (Phi) is 8.58. The van der Waals surface area contributed by atoms with Crippen LogP contribution in [0.5, 0.6) is 0 Å². The summed E-state index contributed by atoms with van der Waals surface area (Å²) < 4.78 is 0. The number of carbonyl (C=O) groups is 2. The maximum Gasteiger partial charge on any atom is 0.220 e. The minimum atomic E-state index is -1.17. The van der Waals surface area contributed by atoms with Crippen LogP contribution in [0, 0.1) is 5.92 Å². The Morgan fingerprint density at radius 3 is 2.44 bits per heavy atom. The van der Waals surface area contributed by atoms with E-state index >= 15 is 0 Å². The molecule has 94 valence electrons. The molecule has 4 heteroatoms. The summed E-state index contributed by atoms with van der Waals surface area (Å²) in [5.74, 6) is -0.862. The maximum atomic E-state index is 11.2. The molecule has 0 saturated carbocycles. The molecule has 0 aromatic heterocycles. The van der Waals surface area contributed by atoms with Crippen LogP contribution in [0.4, 0.5) is 0 Å². The van der Waals surface area contributed by atoms with Gasteiger partial charge < -0.3 is 15.2 Å². The summed E-state index contributed by atoms with van der Waals surface area (Å²) in [6.45, 7) is 4.90. The van der Waals surface area contributed by atoms with Crippen molar-refractivity contribution in [3.63, 3.8) is 0 Å². The van der Waals surface area contributed by atoms with E-state index in [0.29, 0.717) is 12.5 Å². The number of carboxylic acid groups (broad SMARTS) is 1. The van der Waals surface area contributed by atoms with E-state index in [-0.39, 0.29) is 18.7 Å². The van der Waals surface area contributed by atoms with Crippen molar-refractivity contribution in [2.75, 3.05) is 6.54 Å². The van der Waals surface area contributed by atoms with Crippen LogP contribution in [-0.2, 0) is 9.59 Å². The first-order valence-electron chi connectivity index (χ1n) is 6.06. The zero-order valence-corrected chi connectivity index (χ0v) is 10.3. The van der Waals surface area contributed by atoms with Crippen molar-refractivity contribution in [3.05, 3.63) is 0 Å². The van der Waals surface area contributed by atoms with Crippen LogP contribution < -0.4 is 10.4 Å². The van der Waals surface area contributed by atoms with Gasteiger partial charge in [0.25, 0.3) is 0 Å². The molecule has 0 fully saturated rings. The molecular weight excluding hydrogens is 206 g/mol. The van der Waals surface area contributed by atoms with Gasteiger partial charge in [0.1, 0.15) is 0 Å². The molecule has 16 heavy (non-hydrogen) atoms. The lowest BCUT2D eigenvalue weighted by Gasteiger charge is -2.15. The third-order valence-corrected chi connectivity index (χ3v) is 2.69. The van der Waals surface area contributed by atoms with Crippen molar-refractivity contribution >= 4 is 11.9 Å². The molecule has 0 aliphatic rings. The number of carbonyl (C=O) groups excluding carboxylic acids is 2. The molecule has 0 rings (SSSR count). The molecule has 1 amide bonds. The van der Waals surface area contributed by atoms with Gasteiger partial charge in [-0.25, -0.2) is 0 Å². The van der Waals surface area contributed by atoms with Crippen LogP contribution in [0.25, 0.3) is 0 Å². The molecule has 0 spiro atoms. The lowest BCUT2D eigenvalue weighted by Crippen LogP contribution is -2.31. The molecular formula is C12H22NO3-. The highest BCUT2D eigenvalue weighted by molar-refractivity contribution is 5.79. The van der Waals surface area contributed by atoms with Crippen LogP contribution >= 0.6 is 0 Å². The van der Waals surface area contributed by atoms with Gasteiger partial charge >= 0.3 is 0 Å². The minimum absolute atomic E-state index is 0.0204. The lowest BCUT2D eigenvalue weighted by molar-refractivity contribution is -0.305. The van der Waals surface area contributed by atoms with Gasteiger partial charge in [-0.1, -0.05) is 33.1 Å². The van der Waals surface area contributed by atoms with Gasteiger partial charge in [-0.2, -0.15) is 0 Å². The van der Waals surface area contributed by atoms with Gasteiger partial charge in [-0.05, 0) is 18.8 Å². The first-order valence-corrected chi connectivity index (χ1v) is 6.06. The van der Waals surface area contributed by atoms with Crippen LogP contribution in [-0.4, -0.2) is 18.4 Å². The normalized spacial score (nSPS) is 12.1. The predicted octanol–water partition coefficient (Wildman–Crippen LogP) is 0.849. The van der Waals surface area contributed by atoms with E-state index in [1.54, 1.807) is 0 Å². The average Bonchev–Trinajstić information content (AvgIpc) is 2.26. The zero-order chi connectivity index (χ0) is 12.4. The Labute approximate surface area is 97.4 Å². The SMILES string of the molecule is CCCC[C@@H](CC)CNC(=O)CCC(=O)[O-]. The van der Waals surface area contributed by atoms with Crippen LogP contribution in [0.15, 0.2) is 0 Å². The topological polar surface area (TPSA) is 69.2 Å². The molecule has 0 aromatic carbocycles. The van der Waals surface area contributed by atoms with Crippen molar-refractivity contribution in [2.24, 2.45) is 5.92 Å². The first kappa shape index (κ1) is 14.9. The van der Waals surface area contributed by atoms with Crippen LogP contribution in [0.1, 0.15) is 52.4 Å². The second kappa shape index (κ2) is 9.19. The van der Waals surface area contributed by atoms with Gasteiger partial charge in [-0.3, -0.25) is 4.79 Å². The first-order chi connectivity index (χ1) is 7.60. The Bertz CT molecular complexity index is 216. The van der Waals surface area contributed by atoms with Gasteiger partial charge in [0.15, 0.2) is 0 Å². The molecule has 4 nitrogen and oxygen atoms in total. The van der Waals surface area contributed by atoms with E-state index < -0.39 is 5.97 Å². The molecule has 0 bridgehead atoms. The standard InChI is InChI=1S/C12H23NO3/c1-3-5-6-10(4-2)9-13-11(14)7-8-12(15)16/h10H,3-9H2,1-2H3,(H,13,14)(H,15,16)/p-1/t10-/m1/s1. The number of hydrogen-bond donors (Lipinski definition) is 1. The van der Waals surface area contributed by atoms with E-state index in [0.717, 1.165) is 19.3 Å². The molecule has 0 aliphatic heterocycles. The van der Waals surface area contributed by atoms with E-state index in [4.69, 9.17) is 0 Å². The van der Waals surface area contributed by atoms with Crippen molar-refractivity contribution in [3.8, 4) is 0 Å². The molecule has 0 saturated heterocycles. The zero-order valence-electron chi connectivity index (χ0n) is 10.3. The Hall–Kier alpha value is -1.06. The summed E-state index contributed by atoms with van der Waals surface area (Å²) in [6.07, 6.45) is 4.32. The Balaban J connectivity index is 3.66. The number of hydrogen-bond acceptors (Lipinski definition) is 3. The second-order valence-electron chi connectivity index (χ2n) is 4.09. The fourth-order valence-electron chi connectivity index (χ4n) is 1.51. The fraction of sp³-hybridized carbons (Fsp3) is 0.833. The van der Waals surface area contributed by atoms with Crippen LogP contribution in [0.2, 0.25) is 0 Å². The summed E-state index contributed by atoms with van der Waals surface area (Å²) >= 11 is 0. The third-order valence-electron chi connectivity index (χ3n) is 2.69. The summed E-state index contributed by atoms with van der Waals surface area (Å²) in [4.78, 5) is 21.4. The summed E-state index contributed by atoms with van der Waals surface area (Å²) in [5, 5.41) is 12.9. The highest BCUT2D eigenvalue weighted by Gasteiger charge is 2.07. The number of rotatable bonds is 9. The number of aliphatic carboxylic acids is 1. The average molecular weight is 228 g/mol. The van der Waals surface area contributed by atoms with Crippen molar-refractivity contribution < 1.29 is 14.7 Å². The predicted molar refractivity (Wildman–Crippen MR) is 60.6 cm³/mol. The maximum absolute atomic E-state index is 11.2. The third kappa shape index (κ3) is 8.26. The van der Waals surface area contributed by atoms with E-state index in [1.165, 1.54) is 6.42 Å². The van der Waals surface area contributed by atoms with Crippen molar-refractivity contribution in [1.29, 1.82) is 0 Å². The fourth-order valence-corrected chi connectivity index (χ4v) is 1.51. The lowest BCUT2D eigenvalue weighted by atomic mass is 9.99. The summed E-state index contributed by atoms with van der Waals surface area (Å²) in [6, 6.07) is 0. The van der Waals surface area contributed by atoms with Gasteiger partial charge in [-0.15, -0.1) is 0 Å². The molecule has 0 radical (unpaired) electrons. The number of unbranched alkanes of at least 4 members (excludes halogenated alkanes) is 1. The van der Waals surface area contributed by atoms with Gasteiger partial charge in [0.2, 0.25) is 5.91 Å². The monoisotopic (exact) mass is 228 g/mol. The van der Waals surface area contributed by atoms with E-state index in [1.807, 2.05) is 0 Å². The van der Waals surface area contributed by atoms with Gasteiger partial charge in [0.05, 0.1) is 0 Å². The highest BCUT2D eigenvalue weighted by atomic mass is 16.4. The minimum Gasteiger partial charge on any atom is -0.550 e. The smallest absolute Gasteiger partial charge is 0.220 e. The van der Waals surface area contributed by atoms with E-state index in [9.17, 15) is 14.7 Å². The number of carboxylic acids is 1. The molecule has 1 atom stereocenters. The van der Waals surface area contributed by atoms with E-state index in [2.05, 4.69) is 19.2 Å².